The van der Waals surface area contributed by atoms with E-state index in [9.17, 15) is 0 Å². The number of hydrogen-bond donors (Lipinski definition) is 0. The van der Waals surface area contributed by atoms with Gasteiger partial charge in [-0.1, -0.05) is 146 Å². The van der Waals surface area contributed by atoms with Gasteiger partial charge >= 0.3 is 0 Å². The van der Waals surface area contributed by atoms with E-state index in [1.165, 1.54) is 10.8 Å². The zero-order valence-corrected chi connectivity index (χ0v) is 29.9. The van der Waals surface area contributed by atoms with Gasteiger partial charge in [-0.05, 0) is 36.4 Å². The number of fused-ring (bicyclic) bond motifs is 7. The zero-order valence-electron chi connectivity index (χ0n) is 29.9. The van der Waals surface area contributed by atoms with Crippen LogP contribution in [0.15, 0.2) is 182 Å². The monoisotopic (exact) mass is 718 g/mol. The SMILES string of the molecule is c1ccc(-c2nc(-c3ccccc3)nc(-c3nc(-c4ccccc4)nc(-n4c5ccccc5c5c6c7ccccc7n(-c7ccccc7)c6ccc54)n3)n2)cc1. The molecule has 11 aromatic rings. The second-order valence-electron chi connectivity index (χ2n) is 13.6. The number of hydrogen-bond acceptors (Lipinski definition) is 6. The summed E-state index contributed by atoms with van der Waals surface area (Å²) in [6, 6.07) is 61.9. The Morgan fingerprint density at radius 3 is 1.14 bits per heavy atom. The molecule has 7 aromatic carbocycles. The van der Waals surface area contributed by atoms with Gasteiger partial charge in [0.05, 0.1) is 22.1 Å². The van der Waals surface area contributed by atoms with Crippen molar-refractivity contribution in [2.24, 2.45) is 0 Å². The average Bonchev–Trinajstić information content (AvgIpc) is 3.80. The van der Waals surface area contributed by atoms with Crippen LogP contribution in [0.5, 0.6) is 0 Å². The maximum Gasteiger partial charge on any atom is 0.238 e. The molecule has 0 N–H and O–H groups in total. The summed E-state index contributed by atoms with van der Waals surface area (Å²) in [6.45, 7) is 0. The summed E-state index contributed by atoms with van der Waals surface area (Å²) in [5.74, 6) is 2.75. The average molecular weight is 719 g/mol. The van der Waals surface area contributed by atoms with Crippen LogP contribution in [0, 0.1) is 0 Å². The molecular weight excluding hydrogens is 689 g/mol. The highest BCUT2D eigenvalue weighted by Gasteiger charge is 2.23. The van der Waals surface area contributed by atoms with Crippen LogP contribution in [0.3, 0.4) is 0 Å². The first kappa shape index (κ1) is 31.7. The second kappa shape index (κ2) is 12.9. The summed E-state index contributed by atoms with van der Waals surface area (Å²) in [5.41, 5.74) is 7.93. The summed E-state index contributed by atoms with van der Waals surface area (Å²) in [4.78, 5) is 30.4. The van der Waals surface area contributed by atoms with Crippen LogP contribution in [0.2, 0.25) is 0 Å². The number of rotatable bonds is 6. The third-order valence-corrected chi connectivity index (χ3v) is 10.2. The Morgan fingerprint density at radius 2 is 0.625 bits per heavy atom. The first-order chi connectivity index (χ1) is 27.8. The van der Waals surface area contributed by atoms with Crippen molar-refractivity contribution >= 4 is 43.6 Å². The van der Waals surface area contributed by atoms with E-state index in [0.29, 0.717) is 35.1 Å². The summed E-state index contributed by atoms with van der Waals surface area (Å²) in [6.07, 6.45) is 0. The van der Waals surface area contributed by atoms with E-state index in [2.05, 4.69) is 100 Å². The quantitative estimate of drug-likeness (QED) is 0.170. The minimum atomic E-state index is 0.346. The number of aromatic nitrogens is 8. The lowest BCUT2D eigenvalue weighted by Crippen LogP contribution is -2.09. The molecule has 11 rings (SSSR count). The first-order valence-corrected chi connectivity index (χ1v) is 18.5. The molecule has 0 unspecified atom stereocenters. The molecule has 8 nitrogen and oxygen atoms in total. The molecule has 0 saturated carbocycles. The third-order valence-electron chi connectivity index (χ3n) is 10.2. The van der Waals surface area contributed by atoms with Crippen molar-refractivity contribution < 1.29 is 0 Å². The molecule has 0 aliphatic heterocycles. The normalized spacial score (nSPS) is 11.6. The van der Waals surface area contributed by atoms with E-state index in [1.54, 1.807) is 0 Å². The van der Waals surface area contributed by atoms with Gasteiger partial charge in [-0.3, -0.25) is 4.57 Å². The van der Waals surface area contributed by atoms with E-state index in [0.717, 1.165) is 55.2 Å². The van der Waals surface area contributed by atoms with E-state index >= 15 is 0 Å². The van der Waals surface area contributed by atoms with Crippen LogP contribution in [0.4, 0.5) is 0 Å². The Bertz CT molecular complexity index is 3170. The van der Waals surface area contributed by atoms with Crippen LogP contribution in [0.25, 0.3) is 101 Å². The van der Waals surface area contributed by atoms with Crippen molar-refractivity contribution in [3.05, 3.63) is 182 Å². The number of nitrogens with zero attached hydrogens (tertiary/aromatic N) is 8. The van der Waals surface area contributed by atoms with Gasteiger partial charge in [-0.2, -0.15) is 9.97 Å². The van der Waals surface area contributed by atoms with Crippen LogP contribution in [0.1, 0.15) is 0 Å². The predicted octanol–water partition coefficient (Wildman–Crippen LogP) is 10.9. The van der Waals surface area contributed by atoms with Crippen LogP contribution >= 0.6 is 0 Å². The van der Waals surface area contributed by atoms with Gasteiger partial charge in [-0.25, -0.2) is 19.9 Å². The van der Waals surface area contributed by atoms with Crippen molar-refractivity contribution in [3.8, 4) is 57.4 Å². The van der Waals surface area contributed by atoms with E-state index < -0.39 is 0 Å². The molecule has 0 bridgehead atoms. The van der Waals surface area contributed by atoms with Gasteiger partial charge in [0.25, 0.3) is 0 Å². The third kappa shape index (κ3) is 5.15. The molecule has 0 aliphatic rings. The van der Waals surface area contributed by atoms with Crippen molar-refractivity contribution in [3.63, 3.8) is 0 Å². The molecule has 4 aromatic heterocycles. The van der Waals surface area contributed by atoms with Crippen LogP contribution < -0.4 is 0 Å². The fraction of sp³-hybridized carbons (Fsp3) is 0. The minimum absolute atomic E-state index is 0.346. The fourth-order valence-electron chi connectivity index (χ4n) is 7.78. The van der Waals surface area contributed by atoms with E-state index in [1.807, 2.05) is 91.0 Å². The second-order valence-corrected chi connectivity index (χ2v) is 13.6. The van der Waals surface area contributed by atoms with Gasteiger partial charge in [0.15, 0.2) is 17.5 Å². The molecule has 4 heterocycles. The molecule has 8 heteroatoms. The van der Waals surface area contributed by atoms with Crippen molar-refractivity contribution in [2.75, 3.05) is 0 Å². The topological polar surface area (TPSA) is 87.2 Å². The van der Waals surface area contributed by atoms with Crippen molar-refractivity contribution in [2.45, 2.75) is 0 Å². The van der Waals surface area contributed by atoms with Crippen LogP contribution in [-0.4, -0.2) is 39.0 Å². The molecule has 262 valence electrons. The largest absolute Gasteiger partial charge is 0.309 e. The highest BCUT2D eigenvalue weighted by molar-refractivity contribution is 6.28. The molecule has 0 aliphatic carbocycles. The maximum atomic E-state index is 5.22. The fourth-order valence-corrected chi connectivity index (χ4v) is 7.78. The van der Waals surface area contributed by atoms with E-state index in [4.69, 9.17) is 29.9 Å². The van der Waals surface area contributed by atoms with Crippen LogP contribution in [-0.2, 0) is 0 Å². The predicted molar refractivity (Wildman–Crippen MR) is 224 cm³/mol. The lowest BCUT2D eigenvalue weighted by Gasteiger charge is -2.12. The summed E-state index contributed by atoms with van der Waals surface area (Å²) < 4.78 is 4.49. The van der Waals surface area contributed by atoms with Gasteiger partial charge in [0.2, 0.25) is 17.6 Å². The smallest absolute Gasteiger partial charge is 0.238 e. The lowest BCUT2D eigenvalue weighted by molar-refractivity contribution is 0.934. The van der Waals surface area contributed by atoms with Gasteiger partial charge in [0, 0.05) is 43.9 Å². The first-order valence-electron chi connectivity index (χ1n) is 18.5. The Morgan fingerprint density at radius 1 is 0.268 bits per heavy atom. The molecule has 0 saturated heterocycles. The molecule has 0 fully saturated rings. The Kier molecular flexibility index (Phi) is 7.31. The summed E-state index contributed by atoms with van der Waals surface area (Å²) in [7, 11) is 0. The Balaban J connectivity index is 1.21. The molecular formula is C48H30N8. The summed E-state index contributed by atoms with van der Waals surface area (Å²) >= 11 is 0. The van der Waals surface area contributed by atoms with E-state index in [-0.39, 0.29) is 0 Å². The van der Waals surface area contributed by atoms with Crippen molar-refractivity contribution in [1.29, 1.82) is 0 Å². The maximum absolute atomic E-state index is 5.22. The Labute approximate surface area is 321 Å². The molecule has 56 heavy (non-hydrogen) atoms. The standard InChI is InChI=1S/C48H30N8/c1-5-17-31(18-6-1)43-49-44(32-19-7-2-8-20-32)51-46(50-43)47-52-45(33-21-9-3-10-22-33)53-48(54-47)56-38-28-16-14-26-36(38)42-40(56)30-29-39-41(42)35-25-13-15-27-37(35)55(39)34-23-11-4-12-24-34/h1-30H. The number of benzene rings is 7. The zero-order chi connectivity index (χ0) is 37.0. The minimum Gasteiger partial charge on any atom is -0.309 e. The van der Waals surface area contributed by atoms with Crippen molar-refractivity contribution in [1.82, 2.24) is 39.0 Å². The highest BCUT2D eigenvalue weighted by atomic mass is 15.2. The Hall–Kier alpha value is -7.84. The highest BCUT2D eigenvalue weighted by Crippen LogP contribution is 2.42. The number of para-hydroxylation sites is 3. The lowest BCUT2D eigenvalue weighted by atomic mass is 10.1. The molecule has 0 atom stereocenters. The molecule has 0 amide bonds. The van der Waals surface area contributed by atoms with Gasteiger partial charge in [0.1, 0.15) is 0 Å². The van der Waals surface area contributed by atoms with Gasteiger partial charge in [-0.15, -0.1) is 0 Å². The van der Waals surface area contributed by atoms with Gasteiger partial charge < -0.3 is 4.57 Å². The summed E-state index contributed by atoms with van der Waals surface area (Å²) in [5, 5.41) is 4.58. The molecule has 0 radical (unpaired) electrons. The molecule has 0 spiro atoms.